The van der Waals surface area contributed by atoms with Crippen molar-refractivity contribution in [1.82, 2.24) is 4.90 Å². The zero-order valence-corrected chi connectivity index (χ0v) is 11.5. The standard InChI is InChI=1S/C15H21FN2O/c1-11-4-3-5-12(2)18(11)10-15(19)17-14-8-6-13(16)7-9-14/h6-9,11-12H,3-5,10H2,1-2H3,(H,17,19). The molecule has 1 heterocycles. The van der Waals surface area contributed by atoms with Crippen LogP contribution in [0.3, 0.4) is 0 Å². The highest BCUT2D eigenvalue weighted by atomic mass is 19.1. The van der Waals surface area contributed by atoms with Gasteiger partial charge in [0.2, 0.25) is 5.91 Å². The van der Waals surface area contributed by atoms with Crippen LogP contribution in [-0.2, 0) is 4.79 Å². The lowest BCUT2D eigenvalue weighted by atomic mass is 9.97. The Balaban J connectivity index is 1.91. The summed E-state index contributed by atoms with van der Waals surface area (Å²) in [7, 11) is 0. The number of carbonyl (C=O) groups is 1. The highest BCUT2D eigenvalue weighted by Gasteiger charge is 2.26. The van der Waals surface area contributed by atoms with Crippen LogP contribution < -0.4 is 5.32 Å². The maximum absolute atomic E-state index is 12.8. The summed E-state index contributed by atoms with van der Waals surface area (Å²) in [6.07, 6.45) is 3.53. The topological polar surface area (TPSA) is 32.3 Å². The van der Waals surface area contributed by atoms with Crippen LogP contribution in [0.5, 0.6) is 0 Å². The number of halogens is 1. The number of nitrogens with one attached hydrogen (secondary N) is 1. The van der Waals surface area contributed by atoms with E-state index >= 15 is 0 Å². The van der Waals surface area contributed by atoms with Gasteiger partial charge in [0.05, 0.1) is 6.54 Å². The van der Waals surface area contributed by atoms with Crippen LogP contribution in [0.15, 0.2) is 24.3 Å². The molecule has 1 aromatic carbocycles. The number of anilines is 1. The van der Waals surface area contributed by atoms with Gasteiger partial charge in [-0.2, -0.15) is 0 Å². The Labute approximate surface area is 113 Å². The summed E-state index contributed by atoms with van der Waals surface area (Å²) >= 11 is 0. The Morgan fingerprint density at radius 2 is 1.84 bits per heavy atom. The third-order valence-electron chi connectivity index (χ3n) is 3.83. The average Bonchev–Trinajstić information content (AvgIpc) is 2.37. The summed E-state index contributed by atoms with van der Waals surface area (Å²) in [6.45, 7) is 4.74. The van der Waals surface area contributed by atoms with Gasteiger partial charge >= 0.3 is 0 Å². The largest absolute Gasteiger partial charge is 0.325 e. The summed E-state index contributed by atoms with van der Waals surface area (Å²) in [5.74, 6) is -0.330. The van der Waals surface area contributed by atoms with E-state index in [1.165, 1.54) is 18.6 Å². The van der Waals surface area contributed by atoms with Gasteiger partial charge in [-0.15, -0.1) is 0 Å². The van der Waals surface area contributed by atoms with Gasteiger partial charge < -0.3 is 5.32 Å². The van der Waals surface area contributed by atoms with Gasteiger partial charge in [-0.25, -0.2) is 4.39 Å². The Bertz CT molecular complexity index is 422. The van der Waals surface area contributed by atoms with Crippen LogP contribution in [0, 0.1) is 5.82 Å². The van der Waals surface area contributed by atoms with E-state index in [9.17, 15) is 9.18 Å². The minimum absolute atomic E-state index is 0.0350. The number of amides is 1. The highest BCUT2D eigenvalue weighted by molar-refractivity contribution is 5.92. The Kier molecular flexibility index (Phi) is 4.53. The molecule has 1 aliphatic rings. The lowest BCUT2D eigenvalue weighted by molar-refractivity contribution is -0.118. The molecular weight excluding hydrogens is 243 g/mol. The quantitative estimate of drug-likeness (QED) is 0.910. The van der Waals surface area contributed by atoms with Crippen molar-refractivity contribution in [2.24, 2.45) is 0 Å². The summed E-state index contributed by atoms with van der Waals surface area (Å²) < 4.78 is 12.8. The van der Waals surface area contributed by atoms with Crippen molar-refractivity contribution in [1.29, 1.82) is 0 Å². The van der Waals surface area contributed by atoms with Crippen LogP contribution in [-0.4, -0.2) is 29.4 Å². The second-order valence-corrected chi connectivity index (χ2v) is 5.36. The molecule has 0 aliphatic carbocycles. The number of piperidine rings is 1. The molecule has 1 amide bonds. The zero-order valence-electron chi connectivity index (χ0n) is 11.5. The minimum atomic E-state index is -0.295. The molecule has 1 aromatic rings. The molecule has 1 saturated heterocycles. The normalized spacial score (nSPS) is 24.2. The SMILES string of the molecule is CC1CCCC(C)N1CC(=O)Nc1ccc(F)cc1. The van der Waals surface area contributed by atoms with Crippen LogP contribution >= 0.6 is 0 Å². The summed E-state index contributed by atoms with van der Waals surface area (Å²) in [6, 6.07) is 6.75. The first-order valence-corrected chi connectivity index (χ1v) is 6.87. The van der Waals surface area contributed by atoms with E-state index in [-0.39, 0.29) is 11.7 Å². The molecule has 3 nitrogen and oxygen atoms in total. The molecule has 1 aliphatic heterocycles. The number of rotatable bonds is 3. The number of carbonyl (C=O) groups excluding carboxylic acids is 1. The molecule has 1 N–H and O–H groups in total. The van der Waals surface area contributed by atoms with E-state index in [0.29, 0.717) is 24.3 Å². The number of nitrogens with zero attached hydrogens (tertiary/aromatic N) is 1. The van der Waals surface area contributed by atoms with Crippen molar-refractivity contribution in [3.05, 3.63) is 30.1 Å². The van der Waals surface area contributed by atoms with Crippen LogP contribution in [0.4, 0.5) is 10.1 Å². The first-order valence-electron chi connectivity index (χ1n) is 6.87. The van der Waals surface area contributed by atoms with E-state index in [1.54, 1.807) is 12.1 Å². The molecule has 19 heavy (non-hydrogen) atoms. The molecule has 1 fully saturated rings. The summed E-state index contributed by atoms with van der Waals surface area (Å²) in [5, 5.41) is 2.81. The third kappa shape index (κ3) is 3.77. The van der Waals surface area contributed by atoms with Crippen LogP contribution in [0.1, 0.15) is 33.1 Å². The second-order valence-electron chi connectivity index (χ2n) is 5.36. The zero-order chi connectivity index (χ0) is 13.8. The minimum Gasteiger partial charge on any atom is -0.325 e. The summed E-state index contributed by atoms with van der Waals surface area (Å²) in [5.41, 5.74) is 0.642. The molecule has 0 aromatic heterocycles. The Hall–Kier alpha value is -1.42. The molecule has 4 heteroatoms. The molecule has 2 unspecified atom stereocenters. The molecule has 104 valence electrons. The van der Waals surface area contributed by atoms with Gasteiger partial charge in [0.25, 0.3) is 0 Å². The molecule has 2 rings (SSSR count). The van der Waals surface area contributed by atoms with E-state index in [0.717, 1.165) is 12.8 Å². The fourth-order valence-corrected chi connectivity index (χ4v) is 2.69. The van der Waals surface area contributed by atoms with Crippen molar-refractivity contribution >= 4 is 11.6 Å². The average molecular weight is 264 g/mol. The molecular formula is C15H21FN2O. The van der Waals surface area contributed by atoms with Gasteiger partial charge in [0.1, 0.15) is 5.82 Å². The number of hydrogen-bond acceptors (Lipinski definition) is 2. The van der Waals surface area contributed by atoms with Gasteiger partial charge in [-0.05, 0) is 51.0 Å². The van der Waals surface area contributed by atoms with E-state index in [1.807, 2.05) is 0 Å². The smallest absolute Gasteiger partial charge is 0.238 e. The van der Waals surface area contributed by atoms with Crippen molar-refractivity contribution in [3.8, 4) is 0 Å². The molecule has 0 spiro atoms. The lowest BCUT2D eigenvalue weighted by Crippen LogP contribution is -2.47. The maximum atomic E-state index is 12.8. The van der Waals surface area contributed by atoms with E-state index in [4.69, 9.17) is 0 Å². The third-order valence-corrected chi connectivity index (χ3v) is 3.83. The van der Waals surface area contributed by atoms with E-state index < -0.39 is 0 Å². The van der Waals surface area contributed by atoms with Crippen molar-refractivity contribution in [2.75, 3.05) is 11.9 Å². The van der Waals surface area contributed by atoms with Crippen LogP contribution in [0.2, 0.25) is 0 Å². The fourth-order valence-electron chi connectivity index (χ4n) is 2.69. The van der Waals surface area contributed by atoms with Crippen molar-refractivity contribution in [2.45, 2.75) is 45.2 Å². The number of likely N-dealkylation sites (tertiary alicyclic amines) is 1. The second kappa shape index (κ2) is 6.15. The van der Waals surface area contributed by atoms with Gasteiger partial charge in [-0.3, -0.25) is 9.69 Å². The predicted molar refractivity (Wildman–Crippen MR) is 74.5 cm³/mol. The molecule has 0 radical (unpaired) electrons. The molecule has 0 bridgehead atoms. The fraction of sp³-hybridized carbons (Fsp3) is 0.533. The van der Waals surface area contributed by atoms with Gasteiger partial charge in [0.15, 0.2) is 0 Å². The van der Waals surface area contributed by atoms with Gasteiger partial charge in [-0.1, -0.05) is 6.42 Å². The van der Waals surface area contributed by atoms with Crippen molar-refractivity contribution in [3.63, 3.8) is 0 Å². The molecule has 2 atom stereocenters. The first kappa shape index (κ1) is 14.0. The molecule has 0 saturated carbocycles. The number of benzene rings is 1. The van der Waals surface area contributed by atoms with E-state index in [2.05, 4.69) is 24.1 Å². The maximum Gasteiger partial charge on any atom is 0.238 e. The Morgan fingerprint density at radius 1 is 1.26 bits per heavy atom. The van der Waals surface area contributed by atoms with Crippen molar-refractivity contribution < 1.29 is 9.18 Å². The summed E-state index contributed by atoms with van der Waals surface area (Å²) in [4.78, 5) is 14.2. The number of hydrogen-bond donors (Lipinski definition) is 1. The Morgan fingerprint density at radius 3 is 2.42 bits per heavy atom. The first-order chi connectivity index (χ1) is 9.06. The highest BCUT2D eigenvalue weighted by Crippen LogP contribution is 2.22. The predicted octanol–water partition coefficient (Wildman–Crippen LogP) is 3.03. The monoisotopic (exact) mass is 264 g/mol. The lowest BCUT2D eigenvalue weighted by Gasteiger charge is -2.38. The van der Waals surface area contributed by atoms with Crippen LogP contribution in [0.25, 0.3) is 0 Å². The van der Waals surface area contributed by atoms with Gasteiger partial charge in [0, 0.05) is 17.8 Å².